The molecule has 0 aromatic heterocycles. The first-order valence-electron chi connectivity index (χ1n) is 7.14. The van der Waals surface area contributed by atoms with Crippen LogP contribution in [0.4, 0.5) is 0 Å². The van der Waals surface area contributed by atoms with E-state index in [4.69, 9.17) is 0 Å². The van der Waals surface area contributed by atoms with E-state index in [1.807, 2.05) is 12.3 Å². The summed E-state index contributed by atoms with van der Waals surface area (Å²) in [6.45, 7) is 0. The van der Waals surface area contributed by atoms with E-state index in [0.29, 0.717) is 4.90 Å². The Morgan fingerprint density at radius 3 is 2.76 bits per heavy atom. The van der Waals surface area contributed by atoms with Gasteiger partial charge in [-0.3, -0.25) is 0 Å². The summed E-state index contributed by atoms with van der Waals surface area (Å²) in [6.07, 6.45) is 13.5. The zero-order valence-corrected chi connectivity index (χ0v) is 12.9. The van der Waals surface area contributed by atoms with Gasteiger partial charge in [-0.1, -0.05) is 23.8 Å². The first-order valence-corrected chi connectivity index (χ1v) is 9.03. The van der Waals surface area contributed by atoms with Crippen molar-refractivity contribution < 1.29 is 8.42 Å². The zero-order chi connectivity index (χ0) is 14.9. The van der Waals surface area contributed by atoms with Crippen LogP contribution in [0.5, 0.6) is 0 Å². The van der Waals surface area contributed by atoms with Crippen LogP contribution in [-0.2, 0) is 16.3 Å². The molecule has 110 valence electrons. The standard InChI is InChI=1S/C17H19NO2S/c1-21(19,20)17-7-6-15-5-4-13(10-16(15)11-17)9-14-3-2-8-18-12-14/h2,6-8,10-12,18H,3-5,9H2,1H3. The van der Waals surface area contributed by atoms with Crippen LogP contribution in [0.15, 0.2) is 52.7 Å². The van der Waals surface area contributed by atoms with E-state index >= 15 is 0 Å². The second kappa shape index (κ2) is 5.53. The Labute approximate surface area is 126 Å². The lowest BCUT2D eigenvalue weighted by Gasteiger charge is -2.19. The summed E-state index contributed by atoms with van der Waals surface area (Å²) >= 11 is 0. The van der Waals surface area contributed by atoms with Crippen LogP contribution in [0.25, 0.3) is 6.08 Å². The Kier molecular flexibility index (Phi) is 3.72. The number of rotatable bonds is 3. The lowest BCUT2D eigenvalue weighted by molar-refractivity contribution is 0.602. The van der Waals surface area contributed by atoms with Crippen molar-refractivity contribution >= 4 is 15.9 Å². The van der Waals surface area contributed by atoms with E-state index < -0.39 is 9.84 Å². The molecular formula is C17H19NO2S. The van der Waals surface area contributed by atoms with Gasteiger partial charge in [0.25, 0.3) is 0 Å². The van der Waals surface area contributed by atoms with Crippen LogP contribution in [0.1, 0.15) is 30.4 Å². The van der Waals surface area contributed by atoms with Crippen LogP contribution < -0.4 is 5.32 Å². The van der Waals surface area contributed by atoms with Crippen LogP contribution in [0.3, 0.4) is 0 Å². The average Bonchev–Trinajstić information content (AvgIpc) is 2.46. The minimum atomic E-state index is -3.14. The molecule has 1 heterocycles. The number of fused-ring (bicyclic) bond motifs is 1. The van der Waals surface area contributed by atoms with E-state index in [1.54, 1.807) is 12.1 Å². The number of aryl methyl sites for hydroxylation is 1. The molecule has 21 heavy (non-hydrogen) atoms. The van der Waals surface area contributed by atoms with Gasteiger partial charge in [0.15, 0.2) is 9.84 Å². The third-order valence-electron chi connectivity index (χ3n) is 3.96. The summed E-state index contributed by atoms with van der Waals surface area (Å²) in [5.74, 6) is 0. The molecule has 0 bridgehead atoms. The Morgan fingerprint density at radius 1 is 1.19 bits per heavy atom. The number of hydrogen-bond donors (Lipinski definition) is 1. The number of hydrogen-bond acceptors (Lipinski definition) is 3. The molecule has 0 radical (unpaired) electrons. The maximum Gasteiger partial charge on any atom is 0.175 e. The number of benzene rings is 1. The van der Waals surface area contributed by atoms with Crippen LogP contribution in [-0.4, -0.2) is 14.7 Å². The molecule has 4 heteroatoms. The summed E-state index contributed by atoms with van der Waals surface area (Å²) < 4.78 is 23.3. The lowest BCUT2D eigenvalue weighted by Crippen LogP contribution is -2.06. The monoisotopic (exact) mass is 301 g/mol. The highest BCUT2D eigenvalue weighted by atomic mass is 32.2. The topological polar surface area (TPSA) is 46.2 Å². The highest BCUT2D eigenvalue weighted by molar-refractivity contribution is 7.90. The molecule has 0 saturated heterocycles. The smallest absolute Gasteiger partial charge is 0.175 e. The van der Waals surface area contributed by atoms with Gasteiger partial charge in [-0.05, 0) is 60.7 Å². The third kappa shape index (κ3) is 3.27. The van der Waals surface area contributed by atoms with Crippen molar-refractivity contribution in [1.82, 2.24) is 5.32 Å². The SMILES string of the molecule is CS(=O)(=O)c1ccc2c(c1)C=C(CC1=CNC=CC1)CC2. The molecular weight excluding hydrogens is 282 g/mol. The van der Waals surface area contributed by atoms with Crippen molar-refractivity contribution in [3.63, 3.8) is 0 Å². The molecule has 1 N–H and O–H groups in total. The molecule has 0 atom stereocenters. The maximum absolute atomic E-state index is 11.7. The zero-order valence-electron chi connectivity index (χ0n) is 12.1. The summed E-state index contributed by atoms with van der Waals surface area (Å²) in [6, 6.07) is 5.46. The fourth-order valence-corrected chi connectivity index (χ4v) is 3.47. The minimum absolute atomic E-state index is 0.403. The number of allylic oxidation sites excluding steroid dienone is 3. The highest BCUT2D eigenvalue weighted by Gasteiger charge is 2.15. The van der Waals surface area contributed by atoms with Gasteiger partial charge >= 0.3 is 0 Å². The molecule has 3 nitrogen and oxygen atoms in total. The van der Waals surface area contributed by atoms with Crippen molar-refractivity contribution in [2.75, 3.05) is 6.26 Å². The third-order valence-corrected chi connectivity index (χ3v) is 5.07. The van der Waals surface area contributed by atoms with E-state index in [9.17, 15) is 8.42 Å². The fourth-order valence-electron chi connectivity index (χ4n) is 2.81. The average molecular weight is 301 g/mol. The van der Waals surface area contributed by atoms with Gasteiger partial charge in [-0.25, -0.2) is 8.42 Å². The van der Waals surface area contributed by atoms with Crippen molar-refractivity contribution in [3.8, 4) is 0 Å². The van der Waals surface area contributed by atoms with Crippen molar-refractivity contribution in [2.24, 2.45) is 0 Å². The quantitative estimate of drug-likeness (QED) is 0.932. The molecule has 0 saturated carbocycles. The van der Waals surface area contributed by atoms with E-state index in [1.165, 1.54) is 23.0 Å². The van der Waals surface area contributed by atoms with Crippen LogP contribution in [0.2, 0.25) is 0 Å². The molecule has 0 fully saturated rings. The summed E-state index contributed by atoms with van der Waals surface area (Å²) in [5.41, 5.74) is 5.03. The van der Waals surface area contributed by atoms with Gasteiger partial charge in [-0.2, -0.15) is 0 Å². The molecule has 0 unspecified atom stereocenters. The van der Waals surface area contributed by atoms with Gasteiger partial charge in [0, 0.05) is 12.5 Å². The highest BCUT2D eigenvalue weighted by Crippen LogP contribution is 2.30. The van der Waals surface area contributed by atoms with Crippen LogP contribution >= 0.6 is 0 Å². The second-order valence-corrected chi connectivity index (χ2v) is 7.70. The fraction of sp³-hybridized carbons (Fsp3) is 0.294. The van der Waals surface area contributed by atoms with Gasteiger partial charge in [0.05, 0.1) is 4.90 Å². The largest absolute Gasteiger partial charge is 0.368 e. The van der Waals surface area contributed by atoms with Crippen LogP contribution in [0, 0.1) is 0 Å². The molecule has 1 aromatic carbocycles. The maximum atomic E-state index is 11.7. The predicted octanol–water partition coefficient (Wildman–Crippen LogP) is 3.20. The number of dihydropyridines is 1. The molecule has 1 aromatic rings. The van der Waals surface area contributed by atoms with E-state index in [-0.39, 0.29) is 0 Å². The molecule has 1 aliphatic heterocycles. The van der Waals surface area contributed by atoms with E-state index in [2.05, 4.69) is 23.7 Å². The van der Waals surface area contributed by atoms with Crippen molar-refractivity contribution in [2.45, 2.75) is 30.6 Å². The minimum Gasteiger partial charge on any atom is -0.368 e. The molecule has 3 rings (SSSR count). The molecule has 0 amide bonds. The van der Waals surface area contributed by atoms with Gasteiger partial charge < -0.3 is 5.32 Å². The van der Waals surface area contributed by atoms with Crippen molar-refractivity contribution in [3.05, 3.63) is 58.9 Å². The Balaban J connectivity index is 1.87. The first kappa shape index (κ1) is 14.1. The lowest BCUT2D eigenvalue weighted by atomic mass is 9.88. The Hall–Kier alpha value is -1.81. The van der Waals surface area contributed by atoms with Gasteiger partial charge in [-0.15, -0.1) is 0 Å². The summed E-state index contributed by atoms with van der Waals surface area (Å²) in [4.78, 5) is 0.403. The molecule has 2 aliphatic rings. The number of nitrogens with one attached hydrogen (secondary N) is 1. The van der Waals surface area contributed by atoms with Gasteiger partial charge in [0.2, 0.25) is 0 Å². The molecule has 0 spiro atoms. The van der Waals surface area contributed by atoms with Crippen molar-refractivity contribution in [1.29, 1.82) is 0 Å². The van der Waals surface area contributed by atoms with E-state index in [0.717, 1.165) is 31.2 Å². The number of sulfone groups is 1. The molecule has 1 aliphatic carbocycles. The Bertz CT molecular complexity index is 755. The second-order valence-electron chi connectivity index (χ2n) is 5.69. The normalized spacial score (nSPS) is 17.6. The summed E-state index contributed by atoms with van der Waals surface area (Å²) in [5, 5.41) is 3.12. The Morgan fingerprint density at radius 2 is 2.05 bits per heavy atom. The predicted molar refractivity (Wildman–Crippen MR) is 85.4 cm³/mol. The summed E-state index contributed by atoms with van der Waals surface area (Å²) in [7, 11) is -3.14. The first-order chi connectivity index (χ1) is 10.0. The van der Waals surface area contributed by atoms with Gasteiger partial charge in [0.1, 0.15) is 0 Å².